The summed E-state index contributed by atoms with van der Waals surface area (Å²) in [6.07, 6.45) is 0. The molecule has 1 heterocycles. The normalized spacial score (nSPS) is 38.2. The minimum absolute atomic E-state index is 0.0370. The molecule has 8 heavy (non-hydrogen) atoms. The molecule has 0 bridgehead atoms. The average Bonchev–Trinajstić information content (AvgIpc) is 2.14. The smallest absolute Gasteiger partial charge is 0.0607 e. The van der Waals surface area contributed by atoms with Crippen LogP contribution in [-0.2, 0) is 0 Å². The first-order chi connectivity index (χ1) is 3.84. The van der Waals surface area contributed by atoms with E-state index in [1.54, 1.807) is 0 Å². The molecule has 1 aliphatic heterocycles. The third-order valence-electron chi connectivity index (χ3n) is 1.43. The van der Waals surface area contributed by atoms with E-state index in [4.69, 9.17) is 10.9 Å². The second-order valence-corrected chi connectivity index (χ2v) is 2.06. The lowest BCUT2D eigenvalue weighted by molar-refractivity contribution is 0.127. The molecular formula is C4H11N3O. The van der Waals surface area contributed by atoms with Crippen LogP contribution in [0.25, 0.3) is 0 Å². The number of nitrogens with one attached hydrogen (secondary N) is 2. The van der Waals surface area contributed by atoms with Gasteiger partial charge in [-0.05, 0) is 0 Å². The van der Waals surface area contributed by atoms with Gasteiger partial charge in [-0.2, -0.15) is 5.48 Å². The van der Waals surface area contributed by atoms with E-state index in [1.807, 2.05) is 0 Å². The molecule has 0 spiro atoms. The van der Waals surface area contributed by atoms with Crippen LogP contribution in [0.3, 0.4) is 0 Å². The molecule has 1 rings (SSSR count). The Kier molecular flexibility index (Phi) is 1.80. The van der Waals surface area contributed by atoms with Crippen LogP contribution < -0.4 is 16.5 Å². The molecule has 0 radical (unpaired) electrons. The molecule has 1 aliphatic rings. The third kappa shape index (κ3) is 0.976. The van der Waals surface area contributed by atoms with E-state index in [-0.39, 0.29) is 12.1 Å². The van der Waals surface area contributed by atoms with E-state index < -0.39 is 0 Å². The zero-order chi connectivity index (χ0) is 5.98. The Bertz CT molecular complexity index is 77.7. The Morgan fingerprint density at radius 1 is 1.62 bits per heavy atom. The highest BCUT2D eigenvalue weighted by molar-refractivity contribution is 4.86. The molecule has 1 saturated heterocycles. The Hall–Kier alpha value is -0.160. The summed E-state index contributed by atoms with van der Waals surface area (Å²) >= 11 is 0. The highest BCUT2D eigenvalue weighted by atomic mass is 16.5. The van der Waals surface area contributed by atoms with Gasteiger partial charge in [0.2, 0.25) is 0 Å². The quantitative estimate of drug-likeness (QED) is 0.308. The van der Waals surface area contributed by atoms with Crippen molar-refractivity contribution in [3.8, 4) is 0 Å². The third-order valence-corrected chi connectivity index (χ3v) is 1.43. The molecule has 0 amide bonds. The van der Waals surface area contributed by atoms with Crippen LogP contribution in [0.1, 0.15) is 0 Å². The van der Waals surface area contributed by atoms with E-state index in [2.05, 4.69) is 10.8 Å². The Labute approximate surface area is 48.0 Å². The van der Waals surface area contributed by atoms with Gasteiger partial charge in [0, 0.05) is 19.1 Å². The summed E-state index contributed by atoms with van der Waals surface area (Å²) < 4.78 is 0. The van der Waals surface area contributed by atoms with Crippen LogP contribution in [0.4, 0.5) is 0 Å². The van der Waals surface area contributed by atoms with Crippen molar-refractivity contribution in [3.63, 3.8) is 0 Å². The van der Waals surface area contributed by atoms with Gasteiger partial charge in [0.15, 0.2) is 0 Å². The number of hydrogen-bond acceptors (Lipinski definition) is 4. The van der Waals surface area contributed by atoms with Gasteiger partial charge < -0.3 is 16.3 Å². The lowest BCUT2D eigenvalue weighted by atomic mass is 10.2. The van der Waals surface area contributed by atoms with Crippen molar-refractivity contribution < 1.29 is 5.21 Å². The first-order valence-corrected chi connectivity index (χ1v) is 2.70. The Morgan fingerprint density at radius 3 is 2.62 bits per heavy atom. The summed E-state index contributed by atoms with van der Waals surface area (Å²) in [4.78, 5) is 0. The van der Waals surface area contributed by atoms with Crippen LogP contribution in [0.2, 0.25) is 0 Å². The van der Waals surface area contributed by atoms with Crippen LogP contribution in [-0.4, -0.2) is 30.4 Å². The summed E-state index contributed by atoms with van der Waals surface area (Å²) in [5.41, 5.74) is 7.63. The average molecular weight is 117 g/mol. The molecule has 5 N–H and O–H groups in total. The SMILES string of the molecule is NC1CNCC1NO. The van der Waals surface area contributed by atoms with Crippen molar-refractivity contribution in [1.82, 2.24) is 10.8 Å². The highest BCUT2D eigenvalue weighted by Gasteiger charge is 2.21. The summed E-state index contributed by atoms with van der Waals surface area (Å²) in [6, 6.07) is 0.0926. The molecule has 48 valence electrons. The van der Waals surface area contributed by atoms with Gasteiger partial charge in [-0.25, -0.2) is 0 Å². The lowest BCUT2D eigenvalue weighted by Gasteiger charge is -2.09. The largest absolute Gasteiger partial charge is 0.325 e. The molecule has 2 unspecified atom stereocenters. The van der Waals surface area contributed by atoms with Gasteiger partial charge in [0.1, 0.15) is 0 Å². The van der Waals surface area contributed by atoms with Crippen molar-refractivity contribution in [1.29, 1.82) is 0 Å². The van der Waals surface area contributed by atoms with Gasteiger partial charge in [-0.1, -0.05) is 0 Å². The van der Waals surface area contributed by atoms with Crippen LogP contribution in [0.5, 0.6) is 0 Å². The highest BCUT2D eigenvalue weighted by Crippen LogP contribution is 1.93. The van der Waals surface area contributed by atoms with Crippen LogP contribution in [0, 0.1) is 0 Å². The Balaban J connectivity index is 2.30. The van der Waals surface area contributed by atoms with Crippen molar-refractivity contribution >= 4 is 0 Å². The van der Waals surface area contributed by atoms with E-state index >= 15 is 0 Å². The van der Waals surface area contributed by atoms with Gasteiger partial charge in [0.25, 0.3) is 0 Å². The Morgan fingerprint density at radius 2 is 2.38 bits per heavy atom. The van der Waals surface area contributed by atoms with Crippen molar-refractivity contribution in [3.05, 3.63) is 0 Å². The van der Waals surface area contributed by atoms with E-state index in [0.29, 0.717) is 0 Å². The fraction of sp³-hybridized carbons (Fsp3) is 1.00. The topological polar surface area (TPSA) is 70.3 Å². The fourth-order valence-electron chi connectivity index (χ4n) is 0.841. The number of hydrogen-bond donors (Lipinski definition) is 4. The van der Waals surface area contributed by atoms with Gasteiger partial charge >= 0.3 is 0 Å². The monoisotopic (exact) mass is 117 g/mol. The summed E-state index contributed by atoms with van der Waals surface area (Å²) in [5.74, 6) is 0. The number of hydroxylamine groups is 1. The van der Waals surface area contributed by atoms with Gasteiger partial charge in [0.05, 0.1) is 6.04 Å². The molecule has 0 aromatic carbocycles. The molecule has 0 aromatic heterocycles. The second kappa shape index (κ2) is 2.41. The van der Waals surface area contributed by atoms with Gasteiger partial charge in [-0.3, -0.25) is 0 Å². The fourth-order valence-corrected chi connectivity index (χ4v) is 0.841. The minimum Gasteiger partial charge on any atom is -0.325 e. The maximum atomic E-state index is 8.37. The zero-order valence-electron chi connectivity index (χ0n) is 4.59. The summed E-state index contributed by atoms with van der Waals surface area (Å²) in [6.45, 7) is 1.55. The van der Waals surface area contributed by atoms with Crippen molar-refractivity contribution in [2.75, 3.05) is 13.1 Å². The molecule has 0 aliphatic carbocycles. The summed E-state index contributed by atoms with van der Waals surface area (Å²) in [5, 5.41) is 11.4. The van der Waals surface area contributed by atoms with Crippen molar-refractivity contribution in [2.45, 2.75) is 12.1 Å². The maximum absolute atomic E-state index is 8.37. The first-order valence-electron chi connectivity index (χ1n) is 2.70. The molecule has 2 atom stereocenters. The molecular weight excluding hydrogens is 106 g/mol. The van der Waals surface area contributed by atoms with Crippen LogP contribution in [0.15, 0.2) is 0 Å². The zero-order valence-corrected chi connectivity index (χ0v) is 4.59. The van der Waals surface area contributed by atoms with Gasteiger partial charge in [-0.15, -0.1) is 0 Å². The summed E-state index contributed by atoms with van der Waals surface area (Å²) in [7, 11) is 0. The molecule has 0 aromatic rings. The van der Waals surface area contributed by atoms with Crippen LogP contribution >= 0.6 is 0 Å². The second-order valence-electron chi connectivity index (χ2n) is 2.06. The lowest BCUT2D eigenvalue weighted by Crippen LogP contribution is -2.42. The maximum Gasteiger partial charge on any atom is 0.0607 e. The predicted octanol–water partition coefficient (Wildman–Crippen LogP) is -1.74. The molecule has 0 saturated carbocycles. The van der Waals surface area contributed by atoms with E-state index in [9.17, 15) is 0 Å². The number of nitrogens with two attached hydrogens (primary N) is 1. The number of rotatable bonds is 1. The van der Waals surface area contributed by atoms with Crippen molar-refractivity contribution in [2.24, 2.45) is 5.73 Å². The standard InChI is InChI=1S/C4H11N3O/c5-3-1-6-2-4(3)7-8/h3-4,6-8H,1-2,5H2. The van der Waals surface area contributed by atoms with E-state index in [1.165, 1.54) is 0 Å². The molecule has 4 heteroatoms. The molecule has 4 nitrogen and oxygen atoms in total. The van der Waals surface area contributed by atoms with E-state index in [0.717, 1.165) is 13.1 Å². The predicted molar refractivity (Wildman–Crippen MR) is 29.6 cm³/mol. The minimum atomic E-state index is 0.0370. The molecule has 1 fully saturated rings. The first kappa shape index (κ1) is 5.97.